The van der Waals surface area contributed by atoms with Crippen molar-refractivity contribution in [1.82, 2.24) is 5.32 Å². The Bertz CT molecular complexity index is 295. The summed E-state index contributed by atoms with van der Waals surface area (Å²) in [5.41, 5.74) is 0.159. The van der Waals surface area contributed by atoms with Crippen LogP contribution in [0.3, 0.4) is 0 Å². The first-order valence-electron chi connectivity index (χ1n) is 3.78. The first-order valence-corrected chi connectivity index (χ1v) is 3.78. The Kier molecular flexibility index (Phi) is 2.46. The highest BCUT2D eigenvalue weighted by atomic mass is 16.4. The quantitative estimate of drug-likeness (QED) is 0.464. The van der Waals surface area contributed by atoms with Crippen molar-refractivity contribution in [3.63, 3.8) is 0 Å². The molecule has 0 aromatic heterocycles. The number of amides is 2. The van der Waals surface area contributed by atoms with Crippen molar-refractivity contribution >= 4 is 17.8 Å². The van der Waals surface area contributed by atoms with Gasteiger partial charge in [-0.2, -0.15) is 0 Å². The Morgan fingerprint density at radius 3 is 2.54 bits per heavy atom. The van der Waals surface area contributed by atoms with Crippen molar-refractivity contribution in [1.29, 1.82) is 0 Å². The highest BCUT2D eigenvalue weighted by Gasteiger charge is 2.34. The molecule has 70 valence electrons. The van der Waals surface area contributed by atoms with Crippen LogP contribution in [0.1, 0.15) is 12.8 Å². The molecule has 0 radical (unpaired) electrons. The Balaban J connectivity index is 2.59. The monoisotopic (exact) mass is 183 g/mol. The highest BCUT2D eigenvalue weighted by molar-refractivity contribution is 6.14. The fourth-order valence-corrected chi connectivity index (χ4v) is 1.17. The predicted octanol–water partition coefficient (Wildman–Crippen LogP) is -0.320. The van der Waals surface area contributed by atoms with Gasteiger partial charge in [-0.25, -0.2) is 0 Å². The number of carboxylic acid groups (broad SMARTS) is 1. The standard InChI is InChI=1S/C8H9NO4/c1-4-5(2-3-6(10)11)8(13)9-7(4)12/h5H,1-3H2,(H,10,11)(H,9,12,13)/t5-/m0/s1. The van der Waals surface area contributed by atoms with Crippen LogP contribution in [-0.4, -0.2) is 22.9 Å². The minimum Gasteiger partial charge on any atom is -0.481 e. The summed E-state index contributed by atoms with van der Waals surface area (Å²) in [7, 11) is 0. The fraction of sp³-hybridized carbons (Fsp3) is 0.375. The molecule has 1 aliphatic rings. The molecule has 0 aliphatic carbocycles. The van der Waals surface area contributed by atoms with Crippen molar-refractivity contribution in [2.24, 2.45) is 5.92 Å². The number of hydrogen-bond acceptors (Lipinski definition) is 3. The van der Waals surface area contributed by atoms with E-state index in [1.54, 1.807) is 0 Å². The smallest absolute Gasteiger partial charge is 0.303 e. The molecule has 1 aliphatic heterocycles. The largest absolute Gasteiger partial charge is 0.481 e. The normalized spacial score (nSPS) is 21.8. The maximum atomic E-state index is 11.0. The van der Waals surface area contributed by atoms with E-state index < -0.39 is 23.7 Å². The van der Waals surface area contributed by atoms with Gasteiger partial charge in [-0.3, -0.25) is 19.7 Å². The molecule has 1 heterocycles. The van der Waals surface area contributed by atoms with Crippen molar-refractivity contribution in [3.05, 3.63) is 12.2 Å². The maximum absolute atomic E-state index is 11.0. The summed E-state index contributed by atoms with van der Waals surface area (Å²) in [4.78, 5) is 32.1. The number of rotatable bonds is 3. The van der Waals surface area contributed by atoms with Gasteiger partial charge in [0.05, 0.1) is 5.92 Å². The molecular formula is C8H9NO4. The number of hydrogen-bond donors (Lipinski definition) is 2. The summed E-state index contributed by atoms with van der Waals surface area (Å²) in [6.45, 7) is 3.42. The second kappa shape index (κ2) is 3.38. The molecule has 2 N–H and O–H groups in total. The van der Waals surface area contributed by atoms with Gasteiger partial charge in [-0.05, 0) is 6.42 Å². The number of carboxylic acids is 1. The van der Waals surface area contributed by atoms with Gasteiger partial charge >= 0.3 is 5.97 Å². The van der Waals surface area contributed by atoms with Crippen molar-refractivity contribution in [3.8, 4) is 0 Å². The number of imide groups is 1. The second-order valence-electron chi connectivity index (χ2n) is 2.83. The fourth-order valence-electron chi connectivity index (χ4n) is 1.17. The van der Waals surface area contributed by atoms with Gasteiger partial charge < -0.3 is 5.11 Å². The van der Waals surface area contributed by atoms with Gasteiger partial charge in [0.25, 0.3) is 5.91 Å². The molecule has 0 aromatic carbocycles. The summed E-state index contributed by atoms with van der Waals surface area (Å²) < 4.78 is 0. The molecule has 5 heteroatoms. The van der Waals surface area contributed by atoms with E-state index in [9.17, 15) is 14.4 Å². The van der Waals surface area contributed by atoms with Crippen LogP contribution in [0.5, 0.6) is 0 Å². The summed E-state index contributed by atoms with van der Waals surface area (Å²) in [6.07, 6.45) is -0.00384. The first-order chi connectivity index (χ1) is 6.02. The Hall–Kier alpha value is -1.65. The van der Waals surface area contributed by atoms with E-state index in [1.165, 1.54) is 0 Å². The van der Waals surface area contributed by atoms with Gasteiger partial charge in [0.2, 0.25) is 5.91 Å². The Morgan fingerprint density at radius 1 is 1.54 bits per heavy atom. The molecule has 1 rings (SSSR count). The molecule has 0 bridgehead atoms. The Labute approximate surface area is 74.4 Å². The lowest BCUT2D eigenvalue weighted by atomic mass is 9.98. The predicted molar refractivity (Wildman–Crippen MR) is 42.6 cm³/mol. The molecule has 0 spiro atoms. The van der Waals surface area contributed by atoms with E-state index in [1.807, 2.05) is 0 Å². The van der Waals surface area contributed by atoms with Gasteiger partial charge in [0, 0.05) is 12.0 Å². The number of nitrogens with one attached hydrogen (secondary N) is 1. The van der Waals surface area contributed by atoms with E-state index in [-0.39, 0.29) is 18.4 Å². The second-order valence-corrected chi connectivity index (χ2v) is 2.83. The van der Waals surface area contributed by atoms with E-state index >= 15 is 0 Å². The van der Waals surface area contributed by atoms with Gasteiger partial charge in [0.15, 0.2) is 0 Å². The molecule has 13 heavy (non-hydrogen) atoms. The van der Waals surface area contributed by atoms with Crippen LogP contribution in [0.15, 0.2) is 12.2 Å². The summed E-state index contributed by atoms with van der Waals surface area (Å²) in [6, 6.07) is 0. The van der Waals surface area contributed by atoms with Crippen LogP contribution < -0.4 is 5.32 Å². The number of aliphatic carboxylic acids is 1. The van der Waals surface area contributed by atoms with Gasteiger partial charge in [-0.1, -0.05) is 6.58 Å². The van der Waals surface area contributed by atoms with Crippen LogP contribution in [0.2, 0.25) is 0 Å². The van der Waals surface area contributed by atoms with Crippen LogP contribution in [0, 0.1) is 5.92 Å². The third-order valence-electron chi connectivity index (χ3n) is 1.91. The third kappa shape index (κ3) is 1.93. The minimum absolute atomic E-state index is 0.131. The minimum atomic E-state index is -0.986. The molecule has 5 nitrogen and oxygen atoms in total. The van der Waals surface area contributed by atoms with Crippen LogP contribution >= 0.6 is 0 Å². The van der Waals surface area contributed by atoms with Gasteiger partial charge in [0.1, 0.15) is 0 Å². The van der Waals surface area contributed by atoms with Crippen LogP contribution in [0.4, 0.5) is 0 Å². The zero-order chi connectivity index (χ0) is 10.0. The molecule has 1 fully saturated rings. The molecule has 0 saturated carbocycles. The Morgan fingerprint density at radius 2 is 2.15 bits per heavy atom. The summed E-state index contributed by atoms with van der Waals surface area (Å²) in [5, 5.41) is 10.4. The molecular weight excluding hydrogens is 174 g/mol. The highest BCUT2D eigenvalue weighted by Crippen LogP contribution is 2.21. The molecule has 1 atom stereocenters. The lowest BCUT2D eigenvalue weighted by molar-refractivity contribution is -0.137. The van der Waals surface area contributed by atoms with Crippen LogP contribution in [0.25, 0.3) is 0 Å². The lowest BCUT2D eigenvalue weighted by Gasteiger charge is -2.03. The molecule has 0 aromatic rings. The lowest BCUT2D eigenvalue weighted by Crippen LogP contribution is -2.22. The average Bonchev–Trinajstić information content (AvgIpc) is 2.24. The SMILES string of the molecule is C=C1C(=O)NC(=O)[C@H]1CCC(=O)O. The summed E-state index contributed by atoms with van der Waals surface area (Å²) >= 11 is 0. The third-order valence-corrected chi connectivity index (χ3v) is 1.91. The van der Waals surface area contributed by atoms with E-state index in [2.05, 4.69) is 11.9 Å². The molecule has 1 saturated heterocycles. The maximum Gasteiger partial charge on any atom is 0.303 e. The number of carbonyl (C=O) groups is 3. The topological polar surface area (TPSA) is 83.5 Å². The zero-order valence-electron chi connectivity index (χ0n) is 6.87. The number of carbonyl (C=O) groups excluding carboxylic acids is 2. The van der Waals surface area contributed by atoms with Gasteiger partial charge in [-0.15, -0.1) is 0 Å². The zero-order valence-corrected chi connectivity index (χ0v) is 6.87. The summed E-state index contributed by atoms with van der Waals surface area (Å²) in [5.74, 6) is -2.60. The van der Waals surface area contributed by atoms with E-state index in [0.29, 0.717) is 0 Å². The molecule has 0 unspecified atom stereocenters. The molecule has 2 amide bonds. The first kappa shape index (κ1) is 9.44. The average molecular weight is 183 g/mol. The van der Waals surface area contributed by atoms with E-state index in [4.69, 9.17) is 5.11 Å². The van der Waals surface area contributed by atoms with Crippen LogP contribution in [-0.2, 0) is 14.4 Å². The van der Waals surface area contributed by atoms with Crippen molar-refractivity contribution in [2.75, 3.05) is 0 Å². The van der Waals surface area contributed by atoms with Crippen molar-refractivity contribution < 1.29 is 19.5 Å². The van der Waals surface area contributed by atoms with E-state index in [0.717, 1.165) is 0 Å². The van der Waals surface area contributed by atoms with Crippen molar-refractivity contribution in [2.45, 2.75) is 12.8 Å².